The zero-order valence-electron chi connectivity index (χ0n) is 10.1. The predicted molar refractivity (Wildman–Crippen MR) is 70.3 cm³/mol. The Balaban J connectivity index is 1.86. The van der Waals surface area contributed by atoms with Gasteiger partial charge in [0.15, 0.2) is 0 Å². The highest BCUT2D eigenvalue weighted by Crippen LogP contribution is 2.18. The van der Waals surface area contributed by atoms with Crippen LogP contribution in [0.15, 0.2) is 24.3 Å². The van der Waals surface area contributed by atoms with E-state index < -0.39 is 0 Å². The number of rotatable bonds is 5. The van der Waals surface area contributed by atoms with Crippen molar-refractivity contribution in [1.82, 2.24) is 4.98 Å². The van der Waals surface area contributed by atoms with Crippen LogP contribution in [0.2, 0.25) is 0 Å². The Morgan fingerprint density at radius 1 is 1.33 bits per heavy atom. The third kappa shape index (κ3) is 3.27. The molecule has 96 valence electrons. The van der Waals surface area contributed by atoms with Gasteiger partial charge in [-0.1, -0.05) is 0 Å². The molecule has 0 unspecified atom stereocenters. The van der Waals surface area contributed by atoms with E-state index in [0.717, 1.165) is 22.0 Å². The SMILES string of the molecule is Cc1nc(CCOc2ccc(F)cc2)sc1CN. The van der Waals surface area contributed by atoms with Gasteiger partial charge in [-0.3, -0.25) is 0 Å². The van der Waals surface area contributed by atoms with E-state index in [-0.39, 0.29) is 5.82 Å². The Bertz CT molecular complexity index is 510. The second-order valence-electron chi connectivity index (χ2n) is 3.87. The Kier molecular flexibility index (Phi) is 4.28. The number of thiazole rings is 1. The number of halogens is 1. The molecule has 2 aromatic rings. The molecule has 3 nitrogen and oxygen atoms in total. The van der Waals surface area contributed by atoms with Gasteiger partial charge in [0.25, 0.3) is 0 Å². The first kappa shape index (κ1) is 13.0. The average Bonchev–Trinajstić information content (AvgIpc) is 2.72. The van der Waals surface area contributed by atoms with Crippen LogP contribution >= 0.6 is 11.3 Å². The van der Waals surface area contributed by atoms with Crippen molar-refractivity contribution in [1.29, 1.82) is 0 Å². The van der Waals surface area contributed by atoms with Crippen molar-refractivity contribution in [3.8, 4) is 5.75 Å². The molecule has 2 N–H and O–H groups in total. The summed E-state index contributed by atoms with van der Waals surface area (Å²) in [5.74, 6) is 0.411. The number of aromatic nitrogens is 1. The summed E-state index contributed by atoms with van der Waals surface area (Å²) in [4.78, 5) is 5.54. The molecule has 0 saturated heterocycles. The topological polar surface area (TPSA) is 48.1 Å². The maximum Gasteiger partial charge on any atom is 0.123 e. The van der Waals surface area contributed by atoms with Crippen molar-refractivity contribution in [3.05, 3.63) is 45.7 Å². The van der Waals surface area contributed by atoms with Crippen LogP contribution in [0, 0.1) is 12.7 Å². The molecule has 1 aromatic heterocycles. The van der Waals surface area contributed by atoms with E-state index >= 15 is 0 Å². The molecule has 1 heterocycles. The van der Waals surface area contributed by atoms with Gasteiger partial charge in [-0.25, -0.2) is 9.37 Å². The molecule has 0 aliphatic carbocycles. The summed E-state index contributed by atoms with van der Waals surface area (Å²) in [7, 11) is 0. The number of nitrogens with zero attached hydrogens (tertiary/aromatic N) is 1. The van der Waals surface area contributed by atoms with Crippen molar-refractivity contribution < 1.29 is 9.13 Å². The zero-order valence-corrected chi connectivity index (χ0v) is 11.0. The summed E-state index contributed by atoms with van der Waals surface area (Å²) in [6.45, 7) is 3.02. The fourth-order valence-corrected chi connectivity index (χ4v) is 2.50. The highest BCUT2D eigenvalue weighted by Gasteiger charge is 2.06. The molecule has 0 saturated carbocycles. The van der Waals surface area contributed by atoms with Gasteiger partial charge in [-0.05, 0) is 31.2 Å². The molecular formula is C13H15FN2OS. The zero-order chi connectivity index (χ0) is 13.0. The number of hydrogen-bond donors (Lipinski definition) is 1. The van der Waals surface area contributed by atoms with Crippen LogP contribution in [0.25, 0.3) is 0 Å². The third-order valence-electron chi connectivity index (χ3n) is 2.52. The minimum absolute atomic E-state index is 0.259. The summed E-state index contributed by atoms with van der Waals surface area (Å²) in [6.07, 6.45) is 0.739. The van der Waals surface area contributed by atoms with Crippen molar-refractivity contribution in [2.24, 2.45) is 5.73 Å². The smallest absolute Gasteiger partial charge is 0.123 e. The van der Waals surface area contributed by atoms with Crippen LogP contribution in [0.5, 0.6) is 5.75 Å². The molecular weight excluding hydrogens is 251 g/mol. The van der Waals surface area contributed by atoms with Crippen LogP contribution in [0.4, 0.5) is 4.39 Å². The summed E-state index contributed by atoms with van der Waals surface area (Å²) < 4.78 is 18.2. The van der Waals surface area contributed by atoms with Crippen LogP contribution in [0.3, 0.4) is 0 Å². The monoisotopic (exact) mass is 266 g/mol. The fourth-order valence-electron chi connectivity index (χ4n) is 1.57. The van der Waals surface area contributed by atoms with Crippen LogP contribution < -0.4 is 10.5 Å². The van der Waals surface area contributed by atoms with Crippen LogP contribution in [-0.4, -0.2) is 11.6 Å². The highest BCUT2D eigenvalue weighted by molar-refractivity contribution is 7.11. The lowest BCUT2D eigenvalue weighted by molar-refractivity contribution is 0.321. The largest absolute Gasteiger partial charge is 0.493 e. The first-order valence-electron chi connectivity index (χ1n) is 5.72. The van der Waals surface area contributed by atoms with Crippen molar-refractivity contribution in [2.45, 2.75) is 19.9 Å². The molecule has 0 aliphatic heterocycles. The maximum atomic E-state index is 12.7. The highest BCUT2D eigenvalue weighted by atomic mass is 32.1. The van der Waals surface area contributed by atoms with Crippen molar-refractivity contribution in [3.63, 3.8) is 0 Å². The normalized spacial score (nSPS) is 10.6. The fraction of sp³-hybridized carbons (Fsp3) is 0.308. The van der Waals surface area contributed by atoms with E-state index in [0.29, 0.717) is 18.9 Å². The van der Waals surface area contributed by atoms with E-state index in [1.165, 1.54) is 12.1 Å². The van der Waals surface area contributed by atoms with Gasteiger partial charge in [0.2, 0.25) is 0 Å². The van der Waals surface area contributed by atoms with Gasteiger partial charge < -0.3 is 10.5 Å². The van der Waals surface area contributed by atoms with Crippen molar-refractivity contribution >= 4 is 11.3 Å². The first-order chi connectivity index (χ1) is 8.69. The lowest BCUT2D eigenvalue weighted by atomic mass is 10.3. The minimum Gasteiger partial charge on any atom is -0.493 e. The second kappa shape index (κ2) is 5.93. The molecule has 0 bridgehead atoms. The molecule has 0 amide bonds. The van der Waals surface area contributed by atoms with Gasteiger partial charge in [0.1, 0.15) is 11.6 Å². The molecule has 18 heavy (non-hydrogen) atoms. The molecule has 1 aromatic carbocycles. The standard InChI is InChI=1S/C13H15FN2OS/c1-9-12(8-15)18-13(16-9)6-7-17-11-4-2-10(14)3-5-11/h2-5H,6-8,15H2,1H3. The van der Waals surface area contributed by atoms with Crippen LogP contribution in [-0.2, 0) is 13.0 Å². The Labute approximate surface area is 109 Å². The maximum absolute atomic E-state index is 12.7. The summed E-state index contributed by atoms with van der Waals surface area (Å²) in [6, 6.07) is 6.01. The number of aryl methyl sites for hydroxylation is 1. The Morgan fingerprint density at radius 2 is 2.06 bits per heavy atom. The van der Waals surface area contributed by atoms with Gasteiger partial charge in [-0.15, -0.1) is 11.3 Å². The first-order valence-corrected chi connectivity index (χ1v) is 6.54. The van der Waals surface area contributed by atoms with E-state index in [1.807, 2.05) is 6.92 Å². The van der Waals surface area contributed by atoms with E-state index in [1.54, 1.807) is 23.5 Å². The number of ether oxygens (including phenoxy) is 1. The second-order valence-corrected chi connectivity index (χ2v) is 5.04. The molecule has 0 spiro atoms. The Hall–Kier alpha value is -1.46. The number of benzene rings is 1. The summed E-state index contributed by atoms with van der Waals surface area (Å²) in [5, 5.41) is 1.02. The third-order valence-corrected chi connectivity index (χ3v) is 3.76. The average molecular weight is 266 g/mol. The summed E-state index contributed by atoms with van der Waals surface area (Å²) >= 11 is 1.62. The minimum atomic E-state index is -0.259. The van der Waals surface area contributed by atoms with E-state index in [4.69, 9.17) is 10.5 Å². The molecule has 5 heteroatoms. The number of nitrogens with two attached hydrogens (primary N) is 1. The van der Waals surface area contributed by atoms with Crippen molar-refractivity contribution in [2.75, 3.05) is 6.61 Å². The predicted octanol–water partition coefficient (Wildman–Crippen LogP) is 2.67. The quantitative estimate of drug-likeness (QED) is 0.905. The van der Waals surface area contributed by atoms with Gasteiger partial charge in [0.05, 0.1) is 17.3 Å². The van der Waals surface area contributed by atoms with Crippen LogP contribution in [0.1, 0.15) is 15.6 Å². The molecule has 0 aliphatic rings. The molecule has 2 rings (SSSR count). The number of hydrogen-bond acceptors (Lipinski definition) is 4. The molecule has 0 radical (unpaired) electrons. The lowest BCUT2D eigenvalue weighted by Gasteiger charge is -2.04. The molecule has 0 fully saturated rings. The van der Waals surface area contributed by atoms with Gasteiger partial charge >= 0.3 is 0 Å². The van der Waals surface area contributed by atoms with E-state index in [9.17, 15) is 4.39 Å². The Morgan fingerprint density at radius 3 is 2.67 bits per heavy atom. The van der Waals surface area contributed by atoms with Gasteiger partial charge in [-0.2, -0.15) is 0 Å². The van der Waals surface area contributed by atoms with E-state index in [2.05, 4.69) is 4.98 Å². The lowest BCUT2D eigenvalue weighted by Crippen LogP contribution is -2.01. The van der Waals surface area contributed by atoms with Gasteiger partial charge in [0, 0.05) is 17.8 Å². The summed E-state index contributed by atoms with van der Waals surface area (Å²) in [5.41, 5.74) is 6.60. The molecule has 0 atom stereocenters.